The monoisotopic (exact) mass is 341 g/mol. The van der Waals surface area contributed by atoms with Crippen molar-refractivity contribution >= 4 is 16.9 Å². The molecule has 0 aliphatic heterocycles. The summed E-state index contributed by atoms with van der Waals surface area (Å²) in [4.78, 5) is 8.75. The van der Waals surface area contributed by atoms with Gasteiger partial charge in [-0.15, -0.1) is 0 Å². The number of rotatable bonds is 3. The summed E-state index contributed by atoms with van der Waals surface area (Å²) in [6.45, 7) is 1.90. The quantitative estimate of drug-likeness (QED) is 0.766. The number of aromatic nitrogens is 4. The van der Waals surface area contributed by atoms with Gasteiger partial charge < -0.3 is 10.4 Å². The average molecular weight is 341 g/mol. The second kappa shape index (κ2) is 6.40. The van der Waals surface area contributed by atoms with Crippen molar-refractivity contribution in [1.29, 1.82) is 0 Å². The Morgan fingerprint density at radius 1 is 1.20 bits per heavy atom. The molecule has 130 valence electrons. The predicted molar refractivity (Wildman–Crippen MR) is 93.2 cm³/mol. The Morgan fingerprint density at radius 2 is 2.00 bits per heavy atom. The van der Waals surface area contributed by atoms with Crippen LogP contribution >= 0.6 is 0 Å². The molecule has 0 spiro atoms. The topological polar surface area (TPSA) is 75.9 Å². The van der Waals surface area contributed by atoms with Crippen LogP contribution in [0.5, 0.6) is 0 Å². The molecule has 1 saturated carbocycles. The minimum absolute atomic E-state index is 0.194. The number of benzene rings is 1. The van der Waals surface area contributed by atoms with Gasteiger partial charge in [-0.2, -0.15) is 5.10 Å². The van der Waals surface area contributed by atoms with Gasteiger partial charge in [-0.3, -0.25) is 0 Å². The Kier molecular flexibility index (Phi) is 4.09. The van der Waals surface area contributed by atoms with Crippen LogP contribution in [-0.4, -0.2) is 37.0 Å². The van der Waals surface area contributed by atoms with E-state index in [2.05, 4.69) is 20.4 Å². The van der Waals surface area contributed by atoms with Crippen molar-refractivity contribution in [1.82, 2.24) is 19.7 Å². The Hall–Kier alpha value is -2.54. The summed E-state index contributed by atoms with van der Waals surface area (Å²) in [5.41, 5.74) is 2.07. The molecular weight excluding hydrogens is 321 g/mol. The van der Waals surface area contributed by atoms with Gasteiger partial charge in [-0.25, -0.2) is 19.0 Å². The zero-order valence-corrected chi connectivity index (χ0v) is 14.0. The highest BCUT2D eigenvalue weighted by atomic mass is 19.1. The van der Waals surface area contributed by atoms with E-state index >= 15 is 0 Å². The molecule has 0 bridgehead atoms. The van der Waals surface area contributed by atoms with E-state index in [1.165, 1.54) is 18.5 Å². The molecule has 1 fully saturated rings. The van der Waals surface area contributed by atoms with E-state index in [9.17, 15) is 9.50 Å². The van der Waals surface area contributed by atoms with Crippen molar-refractivity contribution in [2.24, 2.45) is 0 Å². The Balaban J connectivity index is 1.72. The number of halogens is 1. The maximum absolute atomic E-state index is 13.6. The van der Waals surface area contributed by atoms with Crippen molar-refractivity contribution in [2.75, 3.05) is 5.32 Å². The summed E-state index contributed by atoms with van der Waals surface area (Å²) in [6, 6.07) is 6.57. The van der Waals surface area contributed by atoms with Crippen LogP contribution < -0.4 is 5.32 Å². The number of hydrogen-bond acceptors (Lipinski definition) is 5. The molecule has 2 N–H and O–H groups in total. The third-order valence-corrected chi connectivity index (χ3v) is 4.73. The first-order chi connectivity index (χ1) is 12.1. The van der Waals surface area contributed by atoms with Crippen molar-refractivity contribution in [3.05, 3.63) is 42.1 Å². The van der Waals surface area contributed by atoms with Crippen LogP contribution in [0.1, 0.15) is 31.4 Å². The van der Waals surface area contributed by atoms with E-state index in [1.807, 2.05) is 6.92 Å². The number of nitrogens with one attached hydrogen (secondary N) is 1. The number of nitrogens with zero attached hydrogens (tertiary/aromatic N) is 4. The SMILES string of the molecule is Cc1nn(-c2cccc(F)c2)c2ncnc(NC3CCC(O)CC3)c12. The first kappa shape index (κ1) is 16.0. The van der Waals surface area contributed by atoms with Crippen molar-refractivity contribution in [2.45, 2.75) is 44.8 Å². The van der Waals surface area contributed by atoms with E-state index in [0.717, 1.165) is 42.6 Å². The Morgan fingerprint density at radius 3 is 2.76 bits per heavy atom. The molecule has 4 rings (SSSR count). The lowest BCUT2D eigenvalue weighted by Gasteiger charge is -2.26. The van der Waals surface area contributed by atoms with Crippen LogP contribution in [0.2, 0.25) is 0 Å². The molecular formula is C18H20FN5O. The van der Waals surface area contributed by atoms with Gasteiger partial charge >= 0.3 is 0 Å². The summed E-state index contributed by atoms with van der Waals surface area (Å²) in [5, 5.41) is 18.5. The molecule has 3 aromatic rings. The fraction of sp³-hybridized carbons (Fsp3) is 0.389. The number of aliphatic hydroxyl groups is 1. The number of hydrogen-bond donors (Lipinski definition) is 2. The number of aliphatic hydroxyl groups excluding tert-OH is 1. The molecule has 1 aliphatic rings. The lowest BCUT2D eigenvalue weighted by atomic mass is 9.93. The van der Waals surface area contributed by atoms with Crippen LogP contribution in [0.15, 0.2) is 30.6 Å². The third-order valence-electron chi connectivity index (χ3n) is 4.73. The van der Waals surface area contributed by atoms with Crippen LogP contribution in [0.4, 0.5) is 10.2 Å². The van der Waals surface area contributed by atoms with Gasteiger partial charge in [0.05, 0.1) is 22.9 Å². The van der Waals surface area contributed by atoms with Crippen molar-refractivity contribution in [3.8, 4) is 5.69 Å². The van der Waals surface area contributed by atoms with Gasteiger partial charge in [0.1, 0.15) is 18.0 Å². The van der Waals surface area contributed by atoms with Crippen LogP contribution in [0.3, 0.4) is 0 Å². The molecule has 25 heavy (non-hydrogen) atoms. The molecule has 0 amide bonds. The van der Waals surface area contributed by atoms with E-state index in [4.69, 9.17) is 0 Å². The maximum atomic E-state index is 13.6. The Bertz CT molecular complexity index is 902. The van der Waals surface area contributed by atoms with Gasteiger partial charge in [0.2, 0.25) is 0 Å². The van der Waals surface area contributed by atoms with Crippen LogP contribution in [-0.2, 0) is 0 Å². The van der Waals surface area contributed by atoms with Gasteiger partial charge in [-0.05, 0) is 50.8 Å². The highest BCUT2D eigenvalue weighted by Crippen LogP contribution is 2.28. The molecule has 1 aromatic carbocycles. The largest absolute Gasteiger partial charge is 0.393 e. The molecule has 0 unspecified atom stereocenters. The molecule has 6 nitrogen and oxygen atoms in total. The minimum Gasteiger partial charge on any atom is -0.393 e. The van der Waals surface area contributed by atoms with E-state index < -0.39 is 0 Å². The lowest BCUT2D eigenvalue weighted by Crippen LogP contribution is -2.28. The first-order valence-corrected chi connectivity index (χ1v) is 8.52. The predicted octanol–water partition coefficient (Wildman–Crippen LogP) is 2.98. The summed E-state index contributed by atoms with van der Waals surface area (Å²) < 4.78 is 15.2. The fourth-order valence-corrected chi connectivity index (χ4v) is 3.43. The summed E-state index contributed by atoms with van der Waals surface area (Å²) in [5.74, 6) is 0.429. The molecule has 1 aliphatic carbocycles. The highest BCUT2D eigenvalue weighted by molar-refractivity contribution is 5.90. The minimum atomic E-state index is -0.313. The molecule has 0 radical (unpaired) electrons. The molecule has 7 heteroatoms. The van der Waals surface area contributed by atoms with Gasteiger partial charge in [0, 0.05) is 6.04 Å². The summed E-state index contributed by atoms with van der Waals surface area (Å²) in [6.07, 6.45) is 4.72. The second-order valence-corrected chi connectivity index (χ2v) is 6.55. The molecule has 2 heterocycles. The fourth-order valence-electron chi connectivity index (χ4n) is 3.43. The molecule has 2 aromatic heterocycles. The van der Waals surface area contributed by atoms with Crippen LogP contribution in [0.25, 0.3) is 16.7 Å². The molecule has 0 atom stereocenters. The third kappa shape index (κ3) is 3.07. The molecule has 0 saturated heterocycles. The van der Waals surface area contributed by atoms with Gasteiger partial charge in [-0.1, -0.05) is 6.07 Å². The number of fused-ring (bicyclic) bond motifs is 1. The maximum Gasteiger partial charge on any atom is 0.168 e. The zero-order chi connectivity index (χ0) is 17.4. The zero-order valence-electron chi connectivity index (χ0n) is 14.0. The highest BCUT2D eigenvalue weighted by Gasteiger charge is 2.22. The van der Waals surface area contributed by atoms with Gasteiger partial charge in [0.15, 0.2) is 5.65 Å². The smallest absolute Gasteiger partial charge is 0.168 e. The summed E-state index contributed by atoms with van der Waals surface area (Å²) >= 11 is 0. The normalized spacial score (nSPS) is 20.8. The van der Waals surface area contributed by atoms with Gasteiger partial charge in [0.25, 0.3) is 0 Å². The number of aryl methyl sites for hydroxylation is 1. The van der Waals surface area contributed by atoms with E-state index in [0.29, 0.717) is 11.3 Å². The average Bonchev–Trinajstić information content (AvgIpc) is 2.95. The van der Waals surface area contributed by atoms with E-state index in [1.54, 1.807) is 16.8 Å². The second-order valence-electron chi connectivity index (χ2n) is 6.55. The van der Waals surface area contributed by atoms with Crippen molar-refractivity contribution in [3.63, 3.8) is 0 Å². The Labute approximate surface area is 144 Å². The lowest BCUT2D eigenvalue weighted by molar-refractivity contribution is 0.126. The summed E-state index contributed by atoms with van der Waals surface area (Å²) in [7, 11) is 0. The first-order valence-electron chi connectivity index (χ1n) is 8.52. The van der Waals surface area contributed by atoms with Crippen LogP contribution in [0, 0.1) is 12.7 Å². The number of anilines is 1. The standard InChI is InChI=1S/C18H20FN5O/c1-11-16-17(22-13-5-7-15(25)8-6-13)20-10-21-18(16)24(23-11)14-4-2-3-12(19)9-14/h2-4,9-10,13,15,25H,5-8H2,1H3,(H,20,21,22). The van der Waals surface area contributed by atoms with Crippen molar-refractivity contribution < 1.29 is 9.50 Å². The van der Waals surface area contributed by atoms with E-state index in [-0.39, 0.29) is 18.0 Å².